The highest BCUT2D eigenvalue weighted by molar-refractivity contribution is 5.69. The van der Waals surface area contributed by atoms with E-state index in [9.17, 15) is 22.4 Å². The third-order valence-electron chi connectivity index (χ3n) is 3.25. The molecule has 8 heteroatoms. The number of alkyl halides is 3. The van der Waals surface area contributed by atoms with Crippen LogP contribution in [0.5, 0.6) is 0 Å². The van der Waals surface area contributed by atoms with Crippen LogP contribution in [0.4, 0.5) is 17.6 Å². The SMILES string of the molecule is C=CCCCCC.CC.CC1(NCC(=O)O)C=CC(F)=C(OC(F)(F)F)C=C1. The molecule has 0 fully saturated rings. The summed E-state index contributed by atoms with van der Waals surface area (Å²) in [5, 5.41) is 11.1. The highest BCUT2D eigenvalue weighted by Gasteiger charge is 2.33. The molecule has 4 nitrogen and oxygen atoms in total. The predicted octanol–water partition coefficient (Wildman–Crippen LogP) is 6.04. The Kier molecular flexibility index (Phi) is 15.0. The number of carboxylic acid groups (broad SMARTS) is 1. The van der Waals surface area contributed by atoms with Gasteiger partial charge in [0.2, 0.25) is 0 Å². The van der Waals surface area contributed by atoms with E-state index in [1.807, 2.05) is 19.9 Å². The number of allylic oxidation sites excluding steroid dienone is 4. The van der Waals surface area contributed by atoms with Crippen LogP contribution >= 0.6 is 0 Å². The molecule has 0 saturated heterocycles. The van der Waals surface area contributed by atoms with Crippen molar-refractivity contribution in [3.63, 3.8) is 0 Å². The van der Waals surface area contributed by atoms with Gasteiger partial charge in [-0.25, -0.2) is 4.39 Å². The van der Waals surface area contributed by atoms with E-state index in [-0.39, 0.29) is 0 Å². The molecule has 0 heterocycles. The predicted molar refractivity (Wildman–Crippen MR) is 103 cm³/mol. The van der Waals surface area contributed by atoms with Gasteiger partial charge in [0.25, 0.3) is 0 Å². The third-order valence-corrected chi connectivity index (χ3v) is 3.25. The second kappa shape index (κ2) is 14.9. The van der Waals surface area contributed by atoms with Crippen molar-refractivity contribution in [1.82, 2.24) is 5.32 Å². The Balaban J connectivity index is 0. The van der Waals surface area contributed by atoms with Crippen molar-refractivity contribution in [2.75, 3.05) is 6.54 Å². The molecule has 0 aromatic carbocycles. The lowest BCUT2D eigenvalue weighted by Gasteiger charge is -2.22. The average molecular weight is 409 g/mol. The Morgan fingerprint density at radius 2 is 1.86 bits per heavy atom. The molecule has 1 unspecified atom stereocenters. The Labute approximate surface area is 164 Å². The highest BCUT2D eigenvalue weighted by atomic mass is 19.4. The largest absolute Gasteiger partial charge is 0.573 e. The van der Waals surface area contributed by atoms with Gasteiger partial charge >= 0.3 is 12.3 Å². The first-order valence-electron chi connectivity index (χ1n) is 9.14. The molecule has 0 radical (unpaired) electrons. The summed E-state index contributed by atoms with van der Waals surface area (Å²) in [6, 6.07) is 0. The number of unbranched alkanes of at least 4 members (excludes halogenated alkanes) is 3. The molecule has 162 valence electrons. The summed E-state index contributed by atoms with van der Waals surface area (Å²) < 4.78 is 52.9. The number of ether oxygens (including phenoxy) is 1. The molecule has 2 N–H and O–H groups in total. The molecule has 0 saturated carbocycles. The van der Waals surface area contributed by atoms with E-state index in [2.05, 4.69) is 23.6 Å². The number of hydrogen-bond acceptors (Lipinski definition) is 3. The first-order valence-corrected chi connectivity index (χ1v) is 9.14. The van der Waals surface area contributed by atoms with Crippen molar-refractivity contribution in [1.29, 1.82) is 0 Å². The molecular weight excluding hydrogens is 378 g/mol. The van der Waals surface area contributed by atoms with Gasteiger partial charge in [-0.3, -0.25) is 10.1 Å². The monoisotopic (exact) mass is 409 g/mol. The minimum atomic E-state index is -5.00. The molecule has 28 heavy (non-hydrogen) atoms. The van der Waals surface area contributed by atoms with Crippen LogP contribution in [0.3, 0.4) is 0 Å². The van der Waals surface area contributed by atoms with Crippen LogP contribution in [0, 0.1) is 0 Å². The van der Waals surface area contributed by atoms with Crippen molar-refractivity contribution in [3.05, 3.63) is 48.5 Å². The summed E-state index contributed by atoms with van der Waals surface area (Å²) in [6.07, 6.45) is 6.13. The van der Waals surface area contributed by atoms with E-state index in [1.165, 1.54) is 44.8 Å². The quantitative estimate of drug-likeness (QED) is 0.291. The molecule has 0 aromatic rings. The van der Waals surface area contributed by atoms with Crippen LogP contribution in [-0.4, -0.2) is 29.5 Å². The Hall–Kier alpha value is -2.09. The molecular formula is C20H31F4NO3. The van der Waals surface area contributed by atoms with E-state index < -0.39 is 36.0 Å². The van der Waals surface area contributed by atoms with E-state index in [4.69, 9.17) is 5.11 Å². The summed E-state index contributed by atoms with van der Waals surface area (Å²) in [5.41, 5.74) is -1.09. The summed E-state index contributed by atoms with van der Waals surface area (Å²) in [5.74, 6) is -3.33. The minimum Gasteiger partial charge on any atom is -0.480 e. The maximum Gasteiger partial charge on any atom is 0.573 e. The molecule has 0 aliphatic heterocycles. The maximum absolute atomic E-state index is 13.4. The van der Waals surface area contributed by atoms with Crippen LogP contribution in [0.25, 0.3) is 0 Å². The maximum atomic E-state index is 13.4. The lowest BCUT2D eigenvalue weighted by Crippen LogP contribution is -2.41. The molecule has 1 aliphatic rings. The van der Waals surface area contributed by atoms with Gasteiger partial charge in [0.15, 0.2) is 11.6 Å². The Morgan fingerprint density at radius 3 is 2.32 bits per heavy atom. The van der Waals surface area contributed by atoms with Crippen molar-refractivity contribution < 1.29 is 32.2 Å². The van der Waals surface area contributed by atoms with E-state index in [0.29, 0.717) is 0 Å². The highest BCUT2D eigenvalue weighted by Crippen LogP contribution is 2.27. The van der Waals surface area contributed by atoms with E-state index in [1.54, 1.807) is 0 Å². The topological polar surface area (TPSA) is 58.6 Å². The van der Waals surface area contributed by atoms with Crippen molar-refractivity contribution in [2.24, 2.45) is 0 Å². The fourth-order valence-electron chi connectivity index (χ4n) is 1.84. The van der Waals surface area contributed by atoms with Crippen molar-refractivity contribution >= 4 is 5.97 Å². The second-order valence-corrected chi connectivity index (χ2v) is 5.74. The van der Waals surface area contributed by atoms with Crippen molar-refractivity contribution in [3.8, 4) is 0 Å². The van der Waals surface area contributed by atoms with Gasteiger partial charge in [-0.05, 0) is 31.9 Å². The lowest BCUT2D eigenvalue weighted by molar-refractivity contribution is -0.304. The molecule has 0 bridgehead atoms. The number of rotatable bonds is 8. The molecule has 1 atom stereocenters. The van der Waals surface area contributed by atoms with Crippen LogP contribution < -0.4 is 5.32 Å². The van der Waals surface area contributed by atoms with Gasteiger partial charge in [-0.2, -0.15) is 0 Å². The summed E-state index contributed by atoms with van der Waals surface area (Å²) in [7, 11) is 0. The molecule has 1 aliphatic carbocycles. The number of hydrogen-bond donors (Lipinski definition) is 2. The summed E-state index contributed by atoms with van der Waals surface area (Å²) in [6.45, 7) is 10.9. The van der Waals surface area contributed by atoms with E-state index in [0.717, 1.165) is 12.2 Å². The van der Waals surface area contributed by atoms with E-state index >= 15 is 0 Å². The van der Waals surface area contributed by atoms with Gasteiger partial charge in [-0.1, -0.05) is 51.8 Å². The first-order chi connectivity index (χ1) is 13.0. The number of nitrogens with one attached hydrogen (secondary N) is 1. The first kappa shape index (κ1) is 28.1. The number of halogens is 4. The molecule has 0 amide bonds. The van der Waals surface area contributed by atoms with Crippen LogP contribution in [-0.2, 0) is 9.53 Å². The second-order valence-electron chi connectivity index (χ2n) is 5.74. The van der Waals surface area contributed by atoms with Gasteiger partial charge in [-0.15, -0.1) is 19.8 Å². The molecule has 0 spiro atoms. The standard InChI is InChI=1S/C11H11F4NO3.C7H14.C2H6/c1-10(16-6-9(17)18)4-2-7(12)8(3-5-10)19-11(13,14)15;1-3-5-7-6-4-2;1-2/h2-5,16H,6H2,1H3,(H,17,18);3H,1,4-7H2,2H3;1-2H3. The number of aliphatic carboxylic acids is 1. The average Bonchev–Trinajstić information content (AvgIpc) is 2.76. The summed E-state index contributed by atoms with van der Waals surface area (Å²) in [4.78, 5) is 10.4. The van der Waals surface area contributed by atoms with Gasteiger partial charge in [0.1, 0.15) is 0 Å². The van der Waals surface area contributed by atoms with Crippen LogP contribution in [0.1, 0.15) is 53.4 Å². The van der Waals surface area contributed by atoms with Crippen LogP contribution in [0.2, 0.25) is 0 Å². The van der Waals surface area contributed by atoms with Crippen LogP contribution in [0.15, 0.2) is 48.5 Å². The van der Waals surface area contributed by atoms with Crippen molar-refractivity contribution in [2.45, 2.75) is 65.3 Å². The number of carbonyl (C=O) groups is 1. The lowest BCUT2D eigenvalue weighted by atomic mass is 10.0. The van der Waals surface area contributed by atoms with Gasteiger partial charge in [0, 0.05) is 0 Å². The summed E-state index contributed by atoms with van der Waals surface area (Å²) >= 11 is 0. The molecule has 0 aromatic heterocycles. The van der Waals surface area contributed by atoms with Gasteiger partial charge < -0.3 is 9.84 Å². The zero-order chi connectivity index (χ0) is 22.2. The Bertz CT molecular complexity index is 554. The fraction of sp³-hybridized carbons (Fsp3) is 0.550. The van der Waals surface area contributed by atoms with Gasteiger partial charge in [0.05, 0.1) is 12.1 Å². The smallest absolute Gasteiger partial charge is 0.480 e. The number of carboxylic acids is 1. The minimum absolute atomic E-state index is 0.428. The molecule has 1 rings (SSSR count). The zero-order valence-electron chi connectivity index (χ0n) is 16.9. The zero-order valence-corrected chi connectivity index (χ0v) is 16.9. The third kappa shape index (κ3) is 15.0. The Morgan fingerprint density at radius 1 is 1.29 bits per heavy atom. The normalized spacial score (nSPS) is 18.3. The fourth-order valence-corrected chi connectivity index (χ4v) is 1.84.